The van der Waals surface area contributed by atoms with Gasteiger partial charge in [0.15, 0.2) is 0 Å². The monoisotopic (exact) mass is 368 g/mol. The number of rotatable bonds is 5. The highest BCUT2D eigenvalue weighted by Gasteiger charge is 2.44. The molecular formula is C20H20N2O3S. The Kier molecular flexibility index (Phi) is 4.36. The zero-order valence-electron chi connectivity index (χ0n) is 14.5. The van der Waals surface area contributed by atoms with Crippen LogP contribution in [0.4, 0.5) is 5.69 Å². The van der Waals surface area contributed by atoms with Crippen LogP contribution in [0.2, 0.25) is 0 Å². The number of carbonyl (C=O) groups is 3. The van der Waals surface area contributed by atoms with Gasteiger partial charge >= 0.3 is 0 Å². The fraction of sp³-hybridized carbons (Fsp3) is 0.350. The Morgan fingerprint density at radius 1 is 1.19 bits per heavy atom. The summed E-state index contributed by atoms with van der Waals surface area (Å²) < 4.78 is 0. The van der Waals surface area contributed by atoms with Crippen molar-refractivity contribution in [1.82, 2.24) is 5.32 Å². The lowest BCUT2D eigenvalue weighted by Crippen LogP contribution is -2.22. The minimum Gasteiger partial charge on any atom is -0.326 e. The Bertz CT molecular complexity index is 871. The first kappa shape index (κ1) is 17.0. The molecule has 4 rings (SSSR count). The highest BCUT2D eigenvalue weighted by molar-refractivity contribution is 7.12. The summed E-state index contributed by atoms with van der Waals surface area (Å²) in [6, 6.07) is 11.7. The first-order valence-corrected chi connectivity index (χ1v) is 9.61. The molecule has 3 unspecified atom stereocenters. The third-order valence-electron chi connectivity index (χ3n) is 5.02. The second-order valence-corrected chi connectivity index (χ2v) is 8.42. The average Bonchev–Trinajstić information content (AvgIpc) is 3.20. The molecular weight excluding hydrogens is 348 g/mol. The largest absolute Gasteiger partial charge is 0.326 e. The molecule has 0 spiro atoms. The molecule has 1 saturated heterocycles. The number of amides is 3. The molecule has 1 aromatic heterocycles. The molecule has 1 aromatic carbocycles. The van der Waals surface area contributed by atoms with Crippen molar-refractivity contribution in [2.24, 2.45) is 11.8 Å². The molecule has 1 aliphatic heterocycles. The van der Waals surface area contributed by atoms with Gasteiger partial charge in [0.2, 0.25) is 17.7 Å². The number of benzene rings is 1. The molecule has 0 bridgehead atoms. The zero-order valence-corrected chi connectivity index (χ0v) is 15.3. The fourth-order valence-electron chi connectivity index (χ4n) is 3.47. The van der Waals surface area contributed by atoms with Crippen molar-refractivity contribution in [2.45, 2.75) is 32.1 Å². The molecule has 26 heavy (non-hydrogen) atoms. The highest BCUT2D eigenvalue weighted by Crippen LogP contribution is 2.50. The van der Waals surface area contributed by atoms with Gasteiger partial charge in [0, 0.05) is 33.7 Å². The number of nitrogens with one attached hydrogen (secondary N) is 2. The van der Waals surface area contributed by atoms with Gasteiger partial charge in [0.25, 0.3) is 0 Å². The van der Waals surface area contributed by atoms with Crippen LogP contribution in [0.3, 0.4) is 0 Å². The number of hydrogen-bond donors (Lipinski definition) is 2. The molecule has 2 aliphatic rings. The van der Waals surface area contributed by atoms with Crippen LogP contribution in [0.1, 0.15) is 34.1 Å². The first-order valence-electron chi connectivity index (χ1n) is 8.79. The molecule has 2 heterocycles. The molecule has 5 nitrogen and oxygen atoms in total. The van der Waals surface area contributed by atoms with Crippen LogP contribution >= 0.6 is 11.3 Å². The Labute approximate surface area is 155 Å². The van der Waals surface area contributed by atoms with E-state index in [9.17, 15) is 14.4 Å². The van der Waals surface area contributed by atoms with Gasteiger partial charge in [-0.2, -0.15) is 0 Å². The molecule has 2 fully saturated rings. The van der Waals surface area contributed by atoms with Gasteiger partial charge in [0.05, 0.1) is 5.92 Å². The van der Waals surface area contributed by atoms with Gasteiger partial charge in [-0.05, 0) is 49.6 Å². The quantitative estimate of drug-likeness (QED) is 0.797. The lowest BCUT2D eigenvalue weighted by atomic mass is 9.98. The van der Waals surface area contributed by atoms with E-state index in [2.05, 4.69) is 29.7 Å². The lowest BCUT2D eigenvalue weighted by Gasteiger charge is -2.08. The summed E-state index contributed by atoms with van der Waals surface area (Å²) in [5, 5.41) is 5.31. The Morgan fingerprint density at radius 3 is 2.58 bits per heavy atom. The minimum absolute atomic E-state index is 0.0564. The first-order chi connectivity index (χ1) is 12.5. The number of aryl methyl sites for hydroxylation is 1. The molecule has 134 valence electrons. The second-order valence-electron chi connectivity index (χ2n) is 7.10. The summed E-state index contributed by atoms with van der Waals surface area (Å²) in [5.74, 6) is -0.217. The van der Waals surface area contributed by atoms with E-state index in [1.165, 1.54) is 9.75 Å². The maximum atomic E-state index is 12.4. The molecule has 3 atom stereocenters. The van der Waals surface area contributed by atoms with E-state index in [1.807, 2.05) is 24.3 Å². The number of carbonyl (C=O) groups excluding carboxylic acids is 3. The Morgan fingerprint density at radius 2 is 1.96 bits per heavy atom. The van der Waals surface area contributed by atoms with E-state index in [0.29, 0.717) is 12.3 Å². The van der Waals surface area contributed by atoms with Crippen LogP contribution in [0.15, 0.2) is 36.4 Å². The van der Waals surface area contributed by atoms with Crippen LogP contribution in [0, 0.1) is 18.8 Å². The van der Waals surface area contributed by atoms with E-state index in [-0.39, 0.29) is 36.0 Å². The number of imide groups is 1. The van der Waals surface area contributed by atoms with E-state index < -0.39 is 0 Å². The number of hydrogen-bond acceptors (Lipinski definition) is 4. The maximum absolute atomic E-state index is 12.4. The molecule has 0 radical (unpaired) electrons. The van der Waals surface area contributed by atoms with Crippen molar-refractivity contribution in [3.8, 4) is 0 Å². The predicted molar refractivity (Wildman–Crippen MR) is 99.9 cm³/mol. The van der Waals surface area contributed by atoms with E-state index in [0.717, 1.165) is 17.7 Å². The summed E-state index contributed by atoms with van der Waals surface area (Å²) in [6.07, 6.45) is 1.70. The third kappa shape index (κ3) is 3.55. The summed E-state index contributed by atoms with van der Waals surface area (Å²) >= 11 is 1.77. The molecule has 2 N–H and O–H groups in total. The minimum atomic E-state index is -0.288. The van der Waals surface area contributed by atoms with E-state index in [1.54, 1.807) is 11.3 Å². The smallest absolute Gasteiger partial charge is 0.230 e. The van der Waals surface area contributed by atoms with Crippen LogP contribution in [0.25, 0.3) is 0 Å². The van der Waals surface area contributed by atoms with E-state index in [4.69, 9.17) is 0 Å². The van der Waals surface area contributed by atoms with Gasteiger partial charge in [-0.25, -0.2) is 0 Å². The molecule has 1 saturated carbocycles. The van der Waals surface area contributed by atoms with Crippen molar-refractivity contribution >= 4 is 34.7 Å². The van der Waals surface area contributed by atoms with Crippen LogP contribution < -0.4 is 10.6 Å². The van der Waals surface area contributed by atoms with Gasteiger partial charge in [-0.1, -0.05) is 12.1 Å². The number of anilines is 1. The number of thiophene rings is 1. The Hall–Kier alpha value is -2.47. The summed E-state index contributed by atoms with van der Waals surface area (Å²) in [7, 11) is 0. The van der Waals surface area contributed by atoms with Gasteiger partial charge in [0.1, 0.15) is 0 Å². The zero-order chi connectivity index (χ0) is 18.3. The molecule has 2 aromatic rings. The van der Waals surface area contributed by atoms with Gasteiger partial charge < -0.3 is 5.32 Å². The van der Waals surface area contributed by atoms with Crippen molar-refractivity contribution in [2.75, 3.05) is 5.32 Å². The van der Waals surface area contributed by atoms with Gasteiger partial charge in [-0.3, -0.25) is 19.7 Å². The lowest BCUT2D eigenvalue weighted by molar-refractivity contribution is -0.125. The van der Waals surface area contributed by atoms with E-state index >= 15 is 0 Å². The Balaban J connectivity index is 1.32. The standard InChI is InChI=1S/C20H20N2O3S/c1-11-2-7-17(26-11)15-10-16(15)20(25)21-14-5-3-12(4-6-14)8-13-9-18(23)22-19(13)24/h2-7,13,15-16H,8-10H2,1H3,(H,21,25)(H,22,23,24). The van der Waals surface area contributed by atoms with Crippen LogP contribution in [0.5, 0.6) is 0 Å². The highest BCUT2D eigenvalue weighted by atomic mass is 32.1. The molecule has 6 heteroatoms. The van der Waals surface area contributed by atoms with Crippen LogP contribution in [-0.4, -0.2) is 17.7 Å². The third-order valence-corrected chi connectivity index (χ3v) is 6.16. The molecule has 3 amide bonds. The van der Waals surface area contributed by atoms with Crippen molar-refractivity contribution in [1.29, 1.82) is 0 Å². The summed E-state index contributed by atoms with van der Waals surface area (Å²) in [6.45, 7) is 2.08. The fourth-order valence-corrected chi connectivity index (χ4v) is 4.52. The summed E-state index contributed by atoms with van der Waals surface area (Å²) in [4.78, 5) is 37.9. The summed E-state index contributed by atoms with van der Waals surface area (Å²) in [5.41, 5.74) is 1.75. The van der Waals surface area contributed by atoms with Crippen molar-refractivity contribution in [3.05, 3.63) is 51.7 Å². The van der Waals surface area contributed by atoms with Gasteiger partial charge in [-0.15, -0.1) is 11.3 Å². The SMILES string of the molecule is Cc1ccc(C2CC2C(=O)Nc2ccc(CC3CC(=O)NC3=O)cc2)s1. The average molecular weight is 368 g/mol. The normalized spacial score (nSPS) is 24.4. The second kappa shape index (κ2) is 6.68. The predicted octanol–water partition coefficient (Wildman–Crippen LogP) is 3.00. The van der Waals surface area contributed by atoms with Crippen molar-refractivity contribution < 1.29 is 14.4 Å². The van der Waals surface area contributed by atoms with Crippen molar-refractivity contribution in [3.63, 3.8) is 0 Å². The van der Waals surface area contributed by atoms with Crippen LogP contribution in [-0.2, 0) is 20.8 Å². The topological polar surface area (TPSA) is 75.3 Å². The maximum Gasteiger partial charge on any atom is 0.230 e. The molecule has 1 aliphatic carbocycles.